The van der Waals surface area contributed by atoms with Gasteiger partial charge in [-0.25, -0.2) is 0 Å². The lowest BCUT2D eigenvalue weighted by Gasteiger charge is -2.19. The maximum atomic E-state index is 10.6. The predicted molar refractivity (Wildman–Crippen MR) is 51.2 cm³/mol. The van der Waals surface area contributed by atoms with Crippen molar-refractivity contribution in [2.75, 3.05) is 39.9 Å². The Labute approximate surface area is 79.0 Å². The molecule has 5 nitrogen and oxygen atoms in total. The van der Waals surface area contributed by atoms with Gasteiger partial charge < -0.3 is 16.2 Å². The SMILES string of the molecule is COCCN(CCCN)CC(N)=O. The van der Waals surface area contributed by atoms with E-state index in [4.69, 9.17) is 16.2 Å². The summed E-state index contributed by atoms with van der Waals surface area (Å²) in [7, 11) is 1.63. The van der Waals surface area contributed by atoms with E-state index in [1.807, 2.05) is 4.90 Å². The Morgan fingerprint density at radius 1 is 1.46 bits per heavy atom. The molecule has 0 aliphatic carbocycles. The zero-order valence-electron chi connectivity index (χ0n) is 8.16. The molecule has 0 fully saturated rings. The monoisotopic (exact) mass is 189 g/mol. The van der Waals surface area contributed by atoms with Crippen LogP contribution in [0.1, 0.15) is 6.42 Å². The maximum Gasteiger partial charge on any atom is 0.231 e. The first kappa shape index (κ1) is 12.3. The number of hydrogen-bond acceptors (Lipinski definition) is 4. The Balaban J connectivity index is 3.66. The largest absolute Gasteiger partial charge is 0.383 e. The van der Waals surface area contributed by atoms with Gasteiger partial charge in [-0.1, -0.05) is 0 Å². The van der Waals surface area contributed by atoms with Gasteiger partial charge in [0.25, 0.3) is 0 Å². The van der Waals surface area contributed by atoms with Crippen molar-refractivity contribution in [3.05, 3.63) is 0 Å². The van der Waals surface area contributed by atoms with Crippen LogP contribution in [0, 0.1) is 0 Å². The molecule has 0 aromatic heterocycles. The third-order valence-corrected chi connectivity index (χ3v) is 1.67. The minimum absolute atomic E-state index is 0.281. The second kappa shape index (κ2) is 7.97. The van der Waals surface area contributed by atoms with Gasteiger partial charge in [-0.2, -0.15) is 0 Å². The van der Waals surface area contributed by atoms with E-state index in [9.17, 15) is 4.79 Å². The summed E-state index contributed by atoms with van der Waals surface area (Å²) in [5.74, 6) is -0.312. The molecule has 0 radical (unpaired) electrons. The van der Waals surface area contributed by atoms with E-state index < -0.39 is 0 Å². The van der Waals surface area contributed by atoms with Crippen LogP contribution in [-0.2, 0) is 9.53 Å². The summed E-state index contributed by atoms with van der Waals surface area (Å²) in [6.45, 7) is 3.03. The summed E-state index contributed by atoms with van der Waals surface area (Å²) in [4.78, 5) is 12.6. The Bertz CT molecular complexity index is 133. The highest BCUT2D eigenvalue weighted by atomic mass is 16.5. The Hall–Kier alpha value is -0.650. The highest BCUT2D eigenvalue weighted by Crippen LogP contribution is 1.90. The molecule has 4 N–H and O–H groups in total. The molecule has 0 bridgehead atoms. The predicted octanol–water partition coefficient (Wildman–Crippen LogP) is -1.23. The molecular formula is C8H19N3O2. The number of amides is 1. The van der Waals surface area contributed by atoms with Crippen molar-refractivity contribution in [3.8, 4) is 0 Å². The van der Waals surface area contributed by atoms with E-state index in [2.05, 4.69) is 0 Å². The number of ether oxygens (including phenoxy) is 1. The molecule has 0 unspecified atom stereocenters. The van der Waals surface area contributed by atoms with Crippen LogP contribution in [-0.4, -0.2) is 50.7 Å². The molecule has 0 aliphatic rings. The third kappa shape index (κ3) is 7.70. The van der Waals surface area contributed by atoms with Gasteiger partial charge in [0, 0.05) is 13.7 Å². The van der Waals surface area contributed by atoms with Gasteiger partial charge in [0.05, 0.1) is 13.2 Å². The molecule has 0 atom stereocenters. The molecule has 0 spiro atoms. The molecular weight excluding hydrogens is 170 g/mol. The number of methoxy groups -OCH3 is 1. The van der Waals surface area contributed by atoms with E-state index in [1.54, 1.807) is 7.11 Å². The third-order valence-electron chi connectivity index (χ3n) is 1.67. The second-order valence-electron chi connectivity index (χ2n) is 2.88. The number of rotatable bonds is 8. The first-order valence-corrected chi connectivity index (χ1v) is 4.40. The van der Waals surface area contributed by atoms with Crippen molar-refractivity contribution < 1.29 is 9.53 Å². The Morgan fingerprint density at radius 2 is 2.15 bits per heavy atom. The summed E-state index contributed by atoms with van der Waals surface area (Å²) < 4.78 is 4.91. The smallest absolute Gasteiger partial charge is 0.231 e. The summed E-state index contributed by atoms with van der Waals surface area (Å²) in [5.41, 5.74) is 10.4. The van der Waals surface area contributed by atoms with Gasteiger partial charge in [-0.05, 0) is 19.5 Å². The second-order valence-corrected chi connectivity index (χ2v) is 2.88. The van der Waals surface area contributed by atoms with Crippen molar-refractivity contribution in [2.45, 2.75) is 6.42 Å². The fraction of sp³-hybridized carbons (Fsp3) is 0.875. The topological polar surface area (TPSA) is 81.6 Å². The molecule has 0 rings (SSSR count). The molecule has 1 amide bonds. The van der Waals surface area contributed by atoms with Crippen LogP contribution >= 0.6 is 0 Å². The highest BCUT2D eigenvalue weighted by Gasteiger charge is 2.06. The van der Waals surface area contributed by atoms with E-state index in [-0.39, 0.29) is 12.5 Å². The highest BCUT2D eigenvalue weighted by molar-refractivity contribution is 5.75. The number of carbonyl (C=O) groups excluding carboxylic acids is 1. The molecule has 13 heavy (non-hydrogen) atoms. The van der Waals surface area contributed by atoms with Crippen LogP contribution in [0.25, 0.3) is 0 Å². The first-order chi connectivity index (χ1) is 6.20. The number of carbonyl (C=O) groups is 1. The van der Waals surface area contributed by atoms with Gasteiger partial charge in [0.15, 0.2) is 0 Å². The quantitative estimate of drug-likeness (QED) is 0.501. The van der Waals surface area contributed by atoms with Crippen LogP contribution < -0.4 is 11.5 Å². The summed E-state index contributed by atoms with van der Waals surface area (Å²) in [6, 6.07) is 0. The van der Waals surface area contributed by atoms with E-state index in [0.29, 0.717) is 13.2 Å². The molecule has 0 aromatic carbocycles. The van der Waals surface area contributed by atoms with Crippen molar-refractivity contribution in [2.24, 2.45) is 11.5 Å². The number of primary amides is 1. The zero-order chi connectivity index (χ0) is 10.1. The van der Waals surface area contributed by atoms with Crippen molar-refractivity contribution in [3.63, 3.8) is 0 Å². The minimum atomic E-state index is -0.312. The molecule has 0 heterocycles. The van der Waals surface area contributed by atoms with Crippen molar-refractivity contribution >= 4 is 5.91 Å². The standard InChI is InChI=1S/C8H19N3O2/c1-13-6-5-11(4-2-3-9)7-8(10)12/h2-7,9H2,1H3,(H2,10,12). The van der Waals surface area contributed by atoms with Gasteiger partial charge in [-0.15, -0.1) is 0 Å². The average molecular weight is 189 g/mol. The maximum absolute atomic E-state index is 10.6. The lowest BCUT2D eigenvalue weighted by molar-refractivity contribution is -0.119. The number of nitrogens with two attached hydrogens (primary N) is 2. The van der Waals surface area contributed by atoms with Gasteiger partial charge >= 0.3 is 0 Å². The fourth-order valence-corrected chi connectivity index (χ4v) is 1.03. The lowest BCUT2D eigenvalue weighted by Crippen LogP contribution is -2.37. The number of hydrogen-bond donors (Lipinski definition) is 2. The minimum Gasteiger partial charge on any atom is -0.383 e. The molecule has 0 saturated carbocycles. The van der Waals surface area contributed by atoms with Crippen LogP contribution in [0.15, 0.2) is 0 Å². The van der Waals surface area contributed by atoms with E-state index in [1.165, 1.54) is 0 Å². The molecule has 0 aliphatic heterocycles. The summed E-state index contributed by atoms with van der Waals surface area (Å²) in [6.07, 6.45) is 0.872. The van der Waals surface area contributed by atoms with Gasteiger partial charge in [0.1, 0.15) is 0 Å². The zero-order valence-corrected chi connectivity index (χ0v) is 8.16. The first-order valence-electron chi connectivity index (χ1n) is 4.40. The van der Waals surface area contributed by atoms with Crippen molar-refractivity contribution in [1.29, 1.82) is 0 Å². The molecule has 78 valence electrons. The van der Waals surface area contributed by atoms with E-state index in [0.717, 1.165) is 19.5 Å². The molecule has 5 heteroatoms. The normalized spacial score (nSPS) is 10.7. The van der Waals surface area contributed by atoms with Crippen LogP contribution in [0.3, 0.4) is 0 Å². The van der Waals surface area contributed by atoms with Crippen LogP contribution in [0.2, 0.25) is 0 Å². The van der Waals surface area contributed by atoms with Gasteiger partial charge in [0.2, 0.25) is 5.91 Å². The van der Waals surface area contributed by atoms with E-state index >= 15 is 0 Å². The fourth-order valence-electron chi connectivity index (χ4n) is 1.03. The Kier molecular flexibility index (Phi) is 7.57. The van der Waals surface area contributed by atoms with Crippen molar-refractivity contribution in [1.82, 2.24) is 4.90 Å². The number of nitrogens with zero attached hydrogens (tertiary/aromatic N) is 1. The van der Waals surface area contributed by atoms with Crippen LogP contribution in [0.5, 0.6) is 0 Å². The lowest BCUT2D eigenvalue weighted by atomic mass is 10.3. The van der Waals surface area contributed by atoms with Crippen LogP contribution in [0.4, 0.5) is 0 Å². The molecule has 0 aromatic rings. The van der Waals surface area contributed by atoms with Gasteiger partial charge in [-0.3, -0.25) is 9.69 Å². The summed E-state index contributed by atoms with van der Waals surface area (Å²) >= 11 is 0. The molecule has 0 saturated heterocycles. The summed E-state index contributed by atoms with van der Waals surface area (Å²) in [5, 5.41) is 0. The Morgan fingerprint density at radius 3 is 2.62 bits per heavy atom. The average Bonchev–Trinajstić information content (AvgIpc) is 2.09.